The molecule has 0 saturated heterocycles. The Morgan fingerprint density at radius 2 is 1.58 bits per heavy atom. The summed E-state index contributed by atoms with van der Waals surface area (Å²) in [5.41, 5.74) is 2.63. The molecule has 0 aliphatic carbocycles. The fourth-order valence-electron chi connectivity index (χ4n) is 3.46. The van der Waals surface area contributed by atoms with Gasteiger partial charge in [-0.2, -0.15) is 0 Å². The second-order valence-electron chi connectivity index (χ2n) is 7.27. The largest absolute Gasteiger partial charge is 0.497 e. The molecule has 0 saturated carbocycles. The molecule has 4 aromatic carbocycles. The van der Waals surface area contributed by atoms with E-state index in [1.165, 1.54) is 0 Å². The maximum absolute atomic E-state index is 11.2. The van der Waals surface area contributed by atoms with E-state index < -0.39 is 11.9 Å². The minimum Gasteiger partial charge on any atom is -0.497 e. The molecule has 5 heteroatoms. The average Bonchev–Trinajstić information content (AvgIpc) is 2.79. The number of rotatable bonds is 6. The van der Waals surface area contributed by atoms with Crippen molar-refractivity contribution in [2.75, 3.05) is 7.11 Å². The third-order valence-electron chi connectivity index (χ3n) is 5.30. The molecule has 156 valence electrons. The lowest BCUT2D eigenvalue weighted by molar-refractivity contribution is -0.138. The Labute approximate surface area is 185 Å². The SMILES string of the molecule is COc1ccc2c(Oc3ccc(C(C)C(=O)O)cc3)c(-c3ccc(Cl)cc3)ccc2c1. The second-order valence-corrected chi connectivity index (χ2v) is 7.70. The van der Waals surface area contributed by atoms with Crippen molar-refractivity contribution in [1.29, 1.82) is 0 Å². The average molecular weight is 433 g/mol. The quantitative estimate of drug-likeness (QED) is 0.351. The molecule has 1 unspecified atom stereocenters. The fraction of sp³-hybridized carbons (Fsp3) is 0.115. The van der Waals surface area contributed by atoms with Crippen molar-refractivity contribution in [1.82, 2.24) is 0 Å². The van der Waals surface area contributed by atoms with Gasteiger partial charge in [-0.05, 0) is 72.0 Å². The van der Waals surface area contributed by atoms with Crippen LogP contribution in [0.4, 0.5) is 0 Å². The molecule has 0 fully saturated rings. The van der Waals surface area contributed by atoms with Crippen LogP contribution in [0.3, 0.4) is 0 Å². The Hall–Kier alpha value is -3.50. The molecular weight excluding hydrogens is 412 g/mol. The van der Waals surface area contributed by atoms with Crippen LogP contribution in [-0.2, 0) is 4.79 Å². The molecule has 1 atom stereocenters. The number of aliphatic carboxylic acids is 1. The molecule has 4 aromatic rings. The first-order chi connectivity index (χ1) is 15.0. The zero-order valence-corrected chi connectivity index (χ0v) is 17.9. The van der Waals surface area contributed by atoms with Gasteiger partial charge in [0.25, 0.3) is 0 Å². The topological polar surface area (TPSA) is 55.8 Å². The highest BCUT2D eigenvalue weighted by Gasteiger charge is 2.16. The summed E-state index contributed by atoms with van der Waals surface area (Å²) in [6.45, 7) is 1.66. The van der Waals surface area contributed by atoms with Gasteiger partial charge in [-0.15, -0.1) is 0 Å². The molecule has 0 aliphatic rings. The first-order valence-electron chi connectivity index (χ1n) is 9.83. The fourth-order valence-corrected chi connectivity index (χ4v) is 3.58. The highest BCUT2D eigenvalue weighted by molar-refractivity contribution is 6.30. The smallest absolute Gasteiger partial charge is 0.310 e. The maximum Gasteiger partial charge on any atom is 0.310 e. The van der Waals surface area contributed by atoms with Crippen LogP contribution in [0, 0.1) is 0 Å². The van der Waals surface area contributed by atoms with Gasteiger partial charge in [-0.25, -0.2) is 0 Å². The summed E-state index contributed by atoms with van der Waals surface area (Å²) in [4.78, 5) is 11.2. The van der Waals surface area contributed by atoms with Crippen LogP contribution in [0.2, 0.25) is 5.02 Å². The minimum atomic E-state index is -0.860. The van der Waals surface area contributed by atoms with Gasteiger partial charge in [0.05, 0.1) is 13.0 Å². The van der Waals surface area contributed by atoms with E-state index in [1.54, 1.807) is 38.3 Å². The summed E-state index contributed by atoms with van der Waals surface area (Å²) in [5.74, 6) is 0.663. The van der Waals surface area contributed by atoms with Gasteiger partial charge >= 0.3 is 5.97 Å². The Balaban J connectivity index is 1.80. The molecule has 31 heavy (non-hydrogen) atoms. The van der Waals surface area contributed by atoms with E-state index in [1.807, 2.05) is 54.6 Å². The van der Waals surface area contributed by atoms with Crippen molar-refractivity contribution in [3.8, 4) is 28.4 Å². The van der Waals surface area contributed by atoms with Crippen molar-refractivity contribution in [2.45, 2.75) is 12.8 Å². The van der Waals surface area contributed by atoms with E-state index in [-0.39, 0.29) is 0 Å². The molecular formula is C26H21ClO4. The van der Waals surface area contributed by atoms with Crippen molar-refractivity contribution >= 4 is 28.3 Å². The van der Waals surface area contributed by atoms with E-state index in [2.05, 4.69) is 0 Å². The van der Waals surface area contributed by atoms with Crippen molar-refractivity contribution in [3.05, 3.63) is 89.4 Å². The Kier molecular flexibility index (Phi) is 5.83. The number of methoxy groups -OCH3 is 1. The summed E-state index contributed by atoms with van der Waals surface area (Å²) < 4.78 is 11.7. The lowest BCUT2D eigenvalue weighted by Crippen LogP contribution is -2.06. The number of ether oxygens (including phenoxy) is 2. The molecule has 0 aromatic heterocycles. The lowest BCUT2D eigenvalue weighted by Gasteiger charge is -2.16. The number of carboxylic acid groups (broad SMARTS) is 1. The van der Waals surface area contributed by atoms with Crippen LogP contribution in [0.1, 0.15) is 18.4 Å². The molecule has 4 rings (SSSR count). The summed E-state index contributed by atoms with van der Waals surface area (Å²) in [6, 6.07) is 24.7. The normalized spacial score (nSPS) is 11.8. The van der Waals surface area contributed by atoms with Crippen molar-refractivity contribution in [2.24, 2.45) is 0 Å². The Bertz CT molecular complexity index is 1230. The van der Waals surface area contributed by atoms with Crippen LogP contribution >= 0.6 is 11.6 Å². The number of hydrogen-bond donors (Lipinski definition) is 1. The van der Waals surface area contributed by atoms with E-state index in [4.69, 9.17) is 21.1 Å². The van der Waals surface area contributed by atoms with Gasteiger partial charge in [0, 0.05) is 16.0 Å². The van der Waals surface area contributed by atoms with Crippen LogP contribution in [0.25, 0.3) is 21.9 Å². The van der Waals surface area contributed by atoms with Gasteiger partial charge in [0.15, 0.2) is 0 Å². The van der Waals surface area contributed by atoms with E-state index in [9.17, 15) is 9.90 Å². The van der Waals surface area contributed by atoms with Crippen molar-refractivity contribution in [3.63, 3.8) is 0 Å². The van der Waals surface area contributed by atoms with E-state index >= 15 is 0 Å². The molecule has 0 bridgehead atoms. The number of carbonyl (C=O) groups is 1. The van der Waals surface area contributed by atoms with Gasteiger partial charge in [0.1, 0.15) is 17.2 Å². The van der Waals surface area contributed by atoms with Crippen LogP contribution in [0.15, 0.2) is 78.9 Å². The third kappa shape index (κ3) is 4.35. The lowest BCUT2D eigenvalue weighted by atomic mass is 9.99. The molecule has 0 heterocycles. The van der Waals surface area contributed by atoms with Gasteiger partial charge < -0.3 is 14.6 Å². The number of halogens is 1. The number of hydrogen-bond acceptors (Lipinski definition) is 3. The standard InChI is InChI=1S/C26H21ClO4/c1-16(26(28)29)17-5-10-21(11-6-17)31-25-23(18-3-8-20(27)9-4-18)13-7-19-15-22(30-2)12-14-24(19)25/h3-16H,1-2H3,(H,28,29). The van der Waals surface area contributed by atoms with E-state index in [0.29, 0.717) is 16.5 Å². The predicted octanol–water partition coefficient (Wildman–Crippen LogP) is 7.15. The first-order valence-corrected chi connectivity index (χ1v) is 10.2. The summed E-state index contributed by atoms with van der Waals surface area (Å²) in [6.07, 6.45) is 0. The van der Waals surface area contributed by atoms with Crippen LogP contribution < -0.4 is 9.47 Å². The van der Waals surface area contributed by atoms with Crippen molar-refractivity contribution < 1.29 is 19.4 Å². The number of fused-ring (bicyclic) bond motifs is 1. The second kappa shape index (κ2) is 8.70. The number of carboxylic acids is 1. The molecule has 0 radical (unpaired) electrons. The zero-order chi connectivity index (χ0) is 22.0. The predicted molar refractivity (Wildman–Crippen MR) is 124 cm³/mol. The molecule has 0 aliphatic heterocycles. The monoisotopic (exact) mass is 432 g/mol. The first kappa shape index (κ1) is 20.8. The summed E-state index contributed by atoms with van der Waals surface area (Å²) >= 11 is 6.07. The Morgan fingerprint density at radius 3 is 2.23 bits per heavy atom. The highest BCUT2D eigenvalue weighted by atomic mass is 35.5. The molecule has 4 nitrogen and oxygen atoms in total. The minimum absolute atomic E-state index is 0.580. The van der Waals surface area contributed by atoms with Crippen LogP contribution in [-0.4, -0.2) is 18.2 Å². The van der Waals surface area contributed by atoms with Crippen LogP contribution in [0.5, 0.6) is 17.2 Å². The van der Waals surface area contributed by atoms with Gasteiger partial charge in [-0.1, -0.05) is 41.9 Å². The molecule has 0 spiro atoms. The summed E-state index contributed by atoms with van der Waals surface area (Å²) in [7, 11) is 1.64. The molecule has 0 amide bonds. The van der Waals surface area contributed by atoms with E-state index in [0.717, 1.165) is 33.2 Å². The number of benzene rings is 4. The van der Waals surface area contributed by atoms with Gasteiger partial charge in [-0.3, -0.25) is 4.79 Å². The highest BCUT2D eigenvalue weighted by Crippen LogP contribution is 2.41. The summed E-state index contributed by atoms with van der Waals surface area (Å²) in [5, 5.41) is 11.8. The molecule has 1 N–H and O–H groups in total. The maximum atomic E-state index is 11.2. The Morgan fingerprint density at radius 1 is 0.903 bits per heavy atom. The van der Waals surface area contributed by atoms with Gasteiger partial charge in [0.2, 0.25) is 0 Å². The zero-order valence-electron chi connectivity index (χ0n) is 17.1. The third-order valence-corrected chi connectivity index (χ3v) is 5.56.